The largest absolute Gasteiger partial charge is 0.493 e. The van der Waals surface area contributed by atoms with E-state index in [2.05, 4.69) is 17.0 Å². The number of hydrogen-bond acceptors (Lipinski definition) is 8. The molecule has 3 aromatic rings. The highest BCUT2D eigenvalue weighted by atomic mass is 16.7. The molecule has 3 aliphatic rings. The van der Waals surface area contributed by atoms with E-state index in [9.17, 15) is 9.59 Å². The molecule has 1 aliphatic carbocycles. The number of carbonyl (C=O) groups excluding carboxylic acids is 2. The van der Waals surface area contributed by atoms with E-state index in [0.29, 0.717) is 43.3 Å². The minimum Gasteiger partial charge on any atom is -0.493 e. The van der Waals surface area contributed by atoms with Crippen molar-refractivity contribution < 1.29 is 28.5 Å². The van der Waals surface area contributed by atoms with Crippen LogP contribution in [0.5, 0.6) is 17.2 Å². The van der Waals surface area contributed by atoms with Crippen molar-refractivity contribution >= 4 is 17.4 Å². The van der Waals surface area contributed by atoms with Crippen molar-refractivity contribution in [1.29, 1.82) is 0 Å². The number of ether oxygens (including phenoxy) is 4. The van der Waals surface area contributed by atoms with Crippen LogP contribution in [-0.4, -0.2) is 67.0 Å². The summed E-state index contributed by atoms with van der Waals surface area (Å²) < 4.78 is 22.8. The molecule has 0 saturated heterocycles. The number of amides is 1. The average Bonchev–Trinajstić information content (AvgIpc) is 3.10. The third-order valence-corrected chi connectivity index (χ3v) is 9.62. The molecule has 6 rings (SSSR count). The summed E-state index contributed by atoms with van der Waals surface area (Å²) in [5.74, 6) is 1.64. The molecule has 0 bridgehead atoms. The fraction of sp³-hybridized carbons (Fsp3) is 0.462. The smallest absolute Gasteiger partial charge is 0.246 e. The van der Waals surface area contributed by atoms with Gasteiger partial charge in [0.25, 0.3) is 0 Å². The van der Waals surface area contributed by atoms with Crippen LogP contribution in [-0.2, 0) is 22.7 Å². The molecule has 9 nitrogen and oxygen atoms in total. The Kier molecular flexibility index (Phi) is 10.5. The van der Waals surface area contributed by atoms with E-state index < -0.39 is 5.79 Å². The SMILES string of the molecule is COc1ccc(C2=NN(CCCCN(CC(=O)c3ccc4c(c3)COC(C)(C)O4)Cc3ccccc3)C(=O)C3CCCCC23)cc1OC. The molecule has 0 radical (unpaired) electrons. The first-order chi connectivity index (χ1) is 23.2. The summed E-state index contributed by atoms with van der Waals surface area (Å²) in [6.45, 7) is 6.37. The molecular weight excluding hydrogens is 606 g/mol. The molecule has 2 unspecified atom stereocenters. The predicted octanol–water partition coefficient (Wildman–Crippen LogP) is 6.87. The van der Waals surface area contributed by atoms with Gasteiger partial charge in [0.05, 0.1) is 33.1 Å². The van der Waals surface area contributed by atoms with E-state index in [0.717, 1.165) is 66.7 Å². The normalized spacial score (nSPS) is 20.0. The molecule has 2 heterocycles. The van der Waals surface area contributed by atoms with Gasteiger partial charge in [0, 0.05) is 55.5 Å². The number of rotatable bonds is 13. The molecule has 0 spiro atoms. The Morgan fingerprint density at radius 3 is 2.50 bits per heavy atom. The van der Waals surface area contributed by atoms with E-state index in [-0.39, 0.29) is 30.1 Å². The monoisotopic (exact) mass is 653 g/mol. The molecule has 1 saturated carbocycles. The molecule has 2 aliphatic heterocycles. The van der Waals surface area contributed by atoms with Gasteiger partial charge in [-0.3, -0.25) is 14.5 Å². The number of ketones is 1. The Morgan fingerprint density at radius 1 is 0.958 bits per heavy atom. The van der Waals surface area contributed by atoms with Crippen molar-refractivity contribution in [3.05, 3.63) is 89.0 Å². The fourth-order valence-electron chi connectivity index (χ4n) is 7.08. The second kappa shape index (κ2) is 14.9. The maximum atomic E-state index is 13.7. The van der Waals surface area contributed by atoms with E-state index >= 15 is 0 Å². The summed E-state index contributed by atoms with van der Waals surface area (Å²) in [6, 6.07) is 21.7. The number of hydrazone groups is 1. The van der Waals surface area contributed by atoms with E-state index in [1.54, 1.807) is 19.2 Å². The standard InChI is InChI=1S/C39H47N3O6/c1-39(2)47-26-30-22-28(16-18-34(30)48-39)33(43)25-41(24-27-12-6-5-7-13-27)20-10-11-21-42-38(44)32-15-9-8-14-31(32)37(40-42)29-17-19-35(45-3)36(23-29)46-4/h5-7,12-13,16-19,22-23,31-32H,8-11,14-15,20-21,24-26H2,1-4H3. The maximum absolute atomic E-state index is 13.7. The summed E-state index contributed by atoms with van der Waals surface area (Å²) >= 11 is 0. The third kappa shape index (κ3) is 7.74. The number of Topliss-reactive ketones (excluding diaryl/α,β-unsaturated/α-hetero) is 1. The van der Waals surface area contributed by atoms with Crippen LogP contribution in [0.25, 0.3) is 0 Å². The topological polar surface area (TPSA) is 89.9 Å². The van der Waals surface area contributed by atoms with Crippen molar-refractivity contribution in [3.63, 3.8) is 0 Å². The van der Waals surface area contributed by atoms with Gasteiger partial charge >= 0.3 is 0 Å². The van der Waals surface area contributed by atoms with Gasteiger partial charge in [0.2, 0.25) is 11.7 Å². The highest BCUT2D eigenvalue weighted by molar-refractivity contribution is 6.07. The van der Waals surface area contributed by atoms with Gasteiger partial charge < -0.3 is 18.9 Å². The molecule has 1 fully saturated rings. The lowest BCUT2D eigenvalue weighted by molar-refractivity contribution is -0.180. The number of methoxy groups -OCH3 is 2. The molecule has 9 heteroatoms. The Labute approximate surface area is 283 Å². The Bertz CT molecular complexity index is 1640. The number of nitrogens with zero attached hydrogens (tertiary/aromatic N) is 3. The second-order valence-electron chi connectivity index (χ2n) is 13.5. The van der Waals surface area contributed by atoms with Crippen LogP contribution in [0.4, 0.5) is 0 Å². The zero-order valence-corrected chi connectivity index (χ0v) is 28.6. The third-order valence-electron chi connectivity index (χ3n) is 9.62. The van der Waals surface area contributed by atoms with Crippen LogP contribution >= 0.6 is 0 Å². The predicted molar refractivity (Wildman–Crippen MR) is 184 cm³/mol. The van der Waals surface area contributed by atoms with Crippen molar-refractivity contribution in [2.45, 2.75) is 71.3 Å². The Hall–Kier alpha value is -4.21. The van der Waals surface area contributed by atoms with Gasteiger partial charge in [0.1, 0.15) is 5.75 Å². The minimum absolute atomic E-state index is 0.0509. The van der Waals surface area contributed by atoms with Gasteiger partial charge in [-0.15, -0.1) is 0 Å². The number of fused-ring (bicyclic) bond motifs is 2. The molecule has 2 atom stereocenters. The van der Waals surface area contributed by atoms with E-state index in [1.807, 2.05) is 68.4 Å². The van der Waals surface area contributed by atoms with Gasteiger partial charge in [-0.25, -0.2) is 5.01 Å². The van der Waals surface area contributed by atoms with Crippen molar-refractivity contribution in [3.8, 4) is 17.2 Å². The zero-order valence-electron chi connectivity index (χ0n) is 28.6. The Morgan fingerprint density at radius 2 is 1.73 bits per heavy atom. The number of benzene rings is 3. The fourth-order valence-corrected chi connectivity index (χ4v) is 7.08. The molecule has 0 N–H and O–H groups in total. The summed E-state index contributed by atoms with van der Waals surface area (Å²) in [7, 11) is 3.26. The van der Waals surface area contributed by atoms with Crippen LogP contribution in [0.15, 0.2) is 71.8 Å². The summed E-state index contributed by atoms with van der Waals surface area (Å²) in [5.41, 5.74) is 4.61. The van der Waals surface area contributed by atoms with Crippen molar-refractivity contribution in [2.24, 2.45) is 16.9 Å². The van der Waals surface area contributed by atoms with Crippen LogP contribution in [0, 0.1) is 11.8 Å². The summed E-state index contributed by atoms with van der Waals surface area (Å²) in [6.07, 6.45) is 5.60. The molecule has 48 heavy (non-hydrogen) atoms. The molecule has 1 amide bonds. The lowest BCUT2D eigenvalue weighted by atomic mass is 9.73. The number of hydrogen-bond donors (Lipinski definition) is 0. The van der Waals surface area contributed by atoms with Crippen LogP contribution in [0.2, 0.25) is 0 Å². The van der Waals surface area contributed by atoms with Crippen LogP contribution in [0.1, 0.15) is 79.4 Å². The first kappa shape index (κ1) is 33.7. The van der Waals surface area contributed by atoms with Crippen molar-refractivity contribution in [1.82, 2.24) is 9.91 Å². The lowest BCUT2D eigenvalue weighted by Gasteiger charge is -2.38. The van der Waals surface area contributed by atoms with Gasteiger partial charge in [0.15, 0.2) is 17.3 Å². The number of unbranched alkanes of at least 4 members (excludes halogenated alkanes) is 1. The first-order valence-electron chi connectivity index (χ1n) is 17.1. The average molecular weight is 654 g/mol. The van der Waals surface area contributed by atoms with Crippen molar-refractivity contribution in [2.75, 3.05) is 33.9 Å². The van der Waals surface area contributed by atoms with Gasteiger partial charge in [-0.05, 0) is 74.2 Å². The second-order valence-corrected chi connectivity index (χ2v) is 13.5. The van der Waals surface area contributed by atoms with Crippen LogP contribution in [0.3, 0.4) is 0 Å². The van der Waals surface area contributed by atoms with E-state index in [1.165, 1.54) is 0 Å². The quantitative estimate of drug-likeness (QED) is 0.147. The highest BCUT2D eigenvalue weighted by Gasteiger charge is 2.41. The lowest BCUT2D eigenvalue weighted by Crippen LogP contribution is -2.46. The molecular formula is C39H47N3O6. The highest BCUT2D eigenvalue weighted by Crippen LogP contribution is 2.39. The van der Waals surface area contributed by atoms with Gasteiger partial charge in [-0.2, -0.15) is 5.10 Å². The maximum Gasteiger partial charge on any atom is 0.246 e. The summed E-state index contributed by atoms with van der Waals surface area (Å²) in [5, 5.41) is 6.68. The molecule has 254 valence electrons. The molecule has 0 aromatic heterocycles. The zero-order chi connectivity index (χ0) is 33.7. The van der Waals surface area contributed by atoms with Gasteiger partial charge in [-0.1, -0.05) is 43.2 Å². The van der Waals surface area contributed by atoms with Crippen LogP contribution < -0.4 is 14.2 Å². The molecule has 3 aromatic carbocycles. The van der Waals surface area contributed by atoms with E-state index in [4.69, 9.17) is 24.0 Å². The minimum atomic E-state index is -0.683. The number of carbonyl (C=O) groups is 2. The Balaban J connectivity index is 1.13. The first-order valence-corrected chi connectivity index (χ1v) is 17.1. The summed E-state index contributed by atoms with van der Waals surface area (Å²) in [4.78, 5) is 29.4.